The molecule has 1 amide bonds. The van der Waals surface area contributed by atoms with Crippen LogP contribution in [0.3, 0.4) is 0 Å². The van der Waals surface area contributed by atoms with E-state index in [4.69, 9.17) is 25.8 Å². The van der Waals surface area contributed by atoms with Gasteiger partial charge in [-0.2, -0.15) is 5.10 Å². The Kier molecular flexibility index (Phi) is 6.57. The van der Waals surface area contributed by atoms with Crippen LogP contribution in [0.4, 0.5) is 0 Å². The number of methoxy groups -OCH3 is 2. The molecule has 0 atom stereocenters. The largest absolute Gasteiger partial charge is 0.496 e. The van der Waals surface area contributed by atoms with Crippen LogP contribution in [0, 0.1) is 0 Å². The lowest BCUT2D eigenvalue weighted by Gasteiger charge is -2.11. The molecule has 0 aliphatic heterocycles. The van der Waals surface area contributed by atoms with Crippen molar-refractivity contribution in [3.05, 3.63) is 64.7 Å². The number of carbonyl (C=O) groups excluding carboxylic acids is 1. The van der Waals surface area contributed by atoms with E-state index < -0.39 is 0 Å². The van der Waals surface area contributed by atoms with Gasteiger partial charge < -0.3 is 14.2 Å². The Morgan fingerprint density at radius 2 is 1.76 bits per heavy atom. The Morgan fingerprint density at radius 3 is 2.41 bits per heavy atom. The highest BCUT2D eigenvalue weighted by atomic mass is 35.5. The molecule has 7 heteroatoms. The highest BCUT2D eigenvalue weighted by molar-refractivity contribution is 6.32. The van der Waals surface area contributed by atoms with Gasteiger partial charge in [-0.25, -0.2) is 5.43 Å². The van der Waals surface area contributed by atoms with Crippen LogP contribution in [-0.4, -0.2) is 32.9 Å². The van der Waals surface area contributed by atoms with E-state index in [0.717, 1.165) is 10.8 Å². The first-order valence-corrected chi connectivity index (χ1v) is 9.35. The molecule has 150 valence electrons. The molecule has 1 N–H and O–H groups in total. The highest BCUT2D eigenvalue weighted by Crippen LogP contribution is 2.36. The third-order valence-electron chi connectivity index (χ3n) is 4.23. The summed E-state index contributed by atoms with van der Waals surface area (Å²) in [5.41, 5.74) is 3.57. The number of fused-ring (bicyclic) bond motifs is 1. The molecule has 0 aliphatic carbocycles. The van der Waals surface area contributed by atoms with Crippen molar-refractivity contribution in [2.24, 2.45) is 5.10 Å². The summed E-state index contributed by atoms with van der Waals surface area (Å²) in [5.74, 6) is 1.05. The number of rotatable bonds is 7. The van der Waals surface area contributed by atoms with Gasteiger partial charge in [-0.1, -0.05) is 35.9 Å². The highest BCUT2D eigenvalue weighted by Gasteiger charge is 2.14. The van der Waals surface area contributed by atoms with Gasteiger partial charge in [-0.3, -0.25) is 4.79 Å². The summed E-state index contributed by atoms with van der Waals surface area (Å²) in [5, 5.41) is 6.35. The Bertz CT molecular complexity index is 1070. The fourth-order valence-corrected chi connectivity index (χ4v) is 3.16. The Labute approximate surface area is 174 Å². The van der Waals surface area contributed by atoms with Crippen molar-refractivity contribution >= 4 is 34.5 Å². The van der Waals surface area contributed by atoms with Gasteiger partial charge in [0.15, 0.2) is 11.5 Å². The number of benzene rings is 3. The maximum atomic E-state index is 12.6. The van der Waals surface area contributed by atoms with Gasteiger partial charge in [0, 0.05) is 0 Å². The van der Waals surface area contributed by atoms with Crippen molar-refractivity contribution in [2.75, 3.05) is 20.8 Å². The predicted octanol–water partition coefficient (Wildman–Crippen LogP) is 4.67. The summed E-state index contributed by atoms with van der Waals surface area (Å²) in [4.78, 5) is 12.6. The normalized spacial score (nSPS) is 10.9. The number of carbonyl (C=O) groups is 1. The second-order valence-electron chi connectivity index (χ2n) is 6.07. The number of halogens is 1. The summed E-state index contributed by atoms with van der Waals surface area (Å²) in [6.07, 6.45) is 1.48. The van der Waals surface area contributed by atoms with Gasteiger partial charge >= 0.3 is 0 Å². The minimum absolute atomic E-state index is 0.382. The average Bonchev–Trinajstić information content (AvgIpc) is 2.74. The van der Waals surface area contributed by atoms with Crippen molar-refractivity contribution in [2.45, 2.75) is 6.92 Å². The first kappa shape index (κ1) is 20.5. The molecule has 0 fully saturated rings. The Balaban J connectivity index is 1.81. The lowest BCUT2D eigenvalue weighted by atomic mass is 10.1. The number of hydrazone groups is 1. The minimum Gasteiger partial charge on any atom is -0.496 e. The van der Waals surface area contributed by atoms with Crippen LogP contribution in [0.2, 0.25) is 5.02 Å². The average molecular weight is 413 g/mol. The molecule has 3 aromatic carbocycles. The summed E-state index contributed by atoms with van der Waals surface area (Å²) in [6.45, 7) is 2.33. The van der Waals surface area contributed by atoms with Gasteiger partial charge in [0.05, 0.1) is 37.6 Å². The molecule has 6 nitrogen and oxygen atoms in total. The molecule has 0 radical (unpaired) electrons. The Morgan fingerprint density at radius 1 is 1.07 bits per heavy atom. The van der Waals surface area contributed by atoms with E-state index >= 15 is 0 Å². The fraction of sp³-hybridized carbons (Fsp3) is 0.182. The first-order valence-electron chi connectivity index (χ1n) is 8.97. The zero-order chi connectivity index (χ0) is 20.8. The summed E-state index contributed by atoms with van der Waals surface area (Å²) >= 11 is 6.25. The van der Waals surface area contributed by atoms with Crippen LogP contribution in [0.5, 0.6) is 17.2 Å². The van der Waals surface area contributed by atoms with Gasteiger partial charge in [0.25, 0.3) is 5.91 Å². The molecule has 0 aromatic heterocycles. The van der Waals surface area contributed by atoms with Crippen LogP contribution >= 0.6 is 11.6 Å². The molecule has 3 aromatic rings. The third-order valence-corrected chi connectivity index (χ3v) is 4.51. The molecule has 0 saturated carbocycles. The number of nitrogens with one attached hydrogen (secondary N) is 1. The smallest absolute Gasteiger partial charge is 0.275 e. The van der Waals surface area contributed by atoms with Gasteiger partial charge in [0.2, 0.25) is 0 Å². The van der Waals surface area contributed by atoms with Crippen LogP contribution in [0.15, 0.2) is 53.6 Å². The van der Waals surface area contributed by atoms with Gasteiger partial charge in [-0.15, -0.1) is 0 Å². The second-order valence-corrected chi connectivity index (χ2v) is 6.47. The van der Waals surface area contributed by atoms with E-state index in [0.29, 0.717) is 40.0 Å². The molecule has 0 bridgehead atoms. The monoisotopic (exact) mass is 412 g/mol. The zero-order valence-corrected chi connectivity index (χ0v) is 17.1. The molecule has 0 unspecified atom stereocenters. The van der Waals surface area contributed by atoms with Crippen LogP contribution in [0.1, 0.15) is 22.8 Å². The third kappa shape index (κ3) is 4.60. The second kappa shape index (κ2) is 9.30. The van der Waals surface area contributed by atoms with E-state index in [9.17, 15) is 4.79 Å². The first-order chi connectivity index (χ1) is 14.1. The van der Waals surface area contributed by atoms with Gasteiger partial charge in [-0.05, 0) is 47.5 Å². The van der Waals surface area contributed by atoms with Crippen LogP contribution in [0.25, 0.3) is 10.8 Å². The van der Waals surface area contributed by atoms with Crippen molar-refractivity contribution in [3.8, 4) is 17.2 Å². The molecule has 29 heavy (non-hydrogen) atoms. The quantitative estimate of drug-likeness (QED) is 0.452. The van der Waals surface area contributed by atoms with Crippen molar-refractivity contribution in [1.29, 1.82) is 0 Å². The molecule has 0 aliphatic rings. The maximum absolute atomic E-state index is 12.6. The van der Waals surface area contributed by atoms with Crippen LogP contribution < -0.4 is 19.6 Å². The van der Waals surface area contributed by atoms with E-state index in [-0.39, 0.29) is 5.91 Å². The van der Waals surface area contributed by atoms with Gasteiger partial charge in [0.1, 0.15) is 5.75 Å². The maximum Gasteiger partial charge on any atom is 0.275 e. The van der Waals surface area contributed by atoms with E-state index in [1.165, 1.54) is 20.4 Å². The molecule has 0 saturated heterocycles. The van der Waals surface area contributed by atoms with E-state index in [2.05, 4.69) is 10.5 Å². The summed E-state index contributed by atoms with van der Waals surface area (Å²) in [6, 6.07) is 14.7. The number of nitrogens with zero attached hydrogens (tertiary/aromatic N) is 1. The predicted molar refractivity (Wildman–Crippen MR) is 115 cm³/mol. The number of amides is 1. The van der Waals surface area contributed by atoms with E-state index in [1.807, 2.05) is 37.3 Å². The van der Waals surface area contributed by atoms with Crippen LogP contribution in [-0.2, 0) is 0 Å². The number of hydrogen-bond donors (Lipinski definition) is 1. The fourth-order valence-electron chi connectivity index (χ4n) is 2.89. The number of ether oxygens (including phenoxy) is 3. The molecule has 3 rings (SSSR count). The van der Waals surface area contributed by atoms with Crippen molar-refractivity contribution < 1.29 is 19.0 Å². The number of hydrogen-bond acceptors (Lipinski definition) is 5. The molecule has 0 heterocycles. The lowest BCUT2D eigenvalue weighted by Crippen LogP contribution is -2.18. The minimum atomic E-state index is -0.382. The zero-order valence-electron chi connectivity index (χ0n) is 16.4. The summed E-state index contributed by atoms with van der Waals surface area (Å²) < 4.78 is 16.2. The van der Waals surface area contributed by atoms with Crippen molar-refractivity contribution in [1.82, 2.24) is 5.43 Å². The van der Waals surface area contributed by atoms with E-state index in [1.54, 1.807) is 18.2 Å². The van der Waals surface area contributed by atoms with Crippen molar-refractivity contribution in [3.63, 3.8) is 0 Å². The Hall–Kier alpha value is -3.25. The molecular weight excluding hydrogens is 392 g/mol. The summed E-state index contributed by atoms with van der Waals surface area (Å²) in [7, 11) is 3.06. The SMILES string of the molecule is CCOc1c(Cl)cc(C=NNC(=O)c2cc3ccccc3cc2OC)cc1OC. The lowest BCUT2D eigenvalue weighted by molar-refractivity contribution is 0.0952. The molecular formula is C22H21ClN2O4. The standard InChI is InChI=1S/C22H21ClN2O4/c1-4-29-21-18(23)9-14(10-20(21)28-3)13-24-25-22(26)17-11-15-7-5-6-8-16(15)12-19(17)27-2/h5-13H,4H2,1-3H3,(H,25,26). The molecule has 0 spiro atoms. The topological polar surface area (TPSA) is 69.2 Å².